The van der Waals surface area contributed by atoms with Gasteiger partial charge in [0.25, 0.3) is 0 Å². The van der Waals surface area contributed by atoms with Gasteiger partial charge in [-0.1, -0.05) is 0 Å². The number of hydrogen-bond acceptors (Lipinski definition) is 3. The maximum absolute atomic E-state index is 11.8. The van der Waals surface area contributed by atoms with Crippen LogP contribution in [0.2, 0.25) is 0 Å². The van der Waals surface area contributed by atoms with Crippen molar-refractivity contribution in [1.29, 1.82) is 0 Å². The first-order valence-corrected chi connectivity index (χ1v) is 6.38. The molecule has 0 saturated carbocycles. The molecule has 2 nitrogen and oxygen atoms in total. The molecule has 14 heavy (non-hydrogen) atoms. The van der Waals surface area contributed by atoms with Gasteiger partial charge in [0.1, 0.15) is 0 Å². The molecule has 0 amide bonds. The summed E-state index contributed by atoms with van der Waals surface area (Å²) in [5.41, 5.74) is 0. The summed E-state index contributed by atoms with van der Waals surface area (Å²) in [6.45, 7) is 1.06. The normalized spacial score (nSPS) is 21.4. The predicted octanol–water partition coefficient (Wildman–Crippen LogP) is 2.84. The highest BCUT2D eigenvalue weighted by molar-refractivity contribution is 9.11. The molecule has 4 heteroatoms. The Balaban J connectivity index is 1.95. The van der Waals surface area contributed by atoms with Crippen molar-refractivity contribution in [1.82, 2.24) is 5.32 Å². The molecule has 0 aliphatic carbocycles. The fraction of sp³-hybridized carbons (Fsp3) is 0.500. The fourth-order valence-electron chi connectivity index (χ4n) is 1.72. The molecule has 0 radical (unpaired) electrons. The molecule has 76 valence electrons. The van der Waals surface area contributed by atoms with E-state index in [9.17, 15) is 4.79 Å². The van der Waals surface area contributed by atoms with Gasteiger partial charge in [0, 0.05) is 12.5 Å². The zero-order valence-electron chi connectivity index (χ0n) is 7.75. The average molecular weight is 274 g/mol. The number of halogens is 1. The third kappa shape index (κ3) is 2.43. The van der Waals surface area contributed by atoms with Crippen molar-refractivity contribution in [2.75, 3.05) is 6.54 Å². The van der Waals surface area contributed by atoms with E-state index in [0.29, 0.717) is 12.5 Å². The lowest BCUT2D eigenvalue weighted by atomic mass is 10.1. The van der Waals surface area contributed by atoms with Gasteiger partial charge in [-0.3, -0.25) is 4.79 Å². The zero-order valence-corrected chi connectivity index (χ0v) is 10.2. The van der Waals surface area contributed by atoms with E-state index >= 15 is 0 Å². The van der Waals surface area contributed by atoms with Gasteiger partial charge in [0.15, 0.2) is 5.78 Å². The summed E-state index contributed by atoms with van der Waals surface area (Å²) < 4.78 is 1.03. The molecular weight excluding hydrogens is 262 g/mol. The van der Waals surface area contributed by atoms with Crippen LogP contribution in [0.4, 0.5) is 0 Å². The lowest BCUT2D eigenvalue weighted by molar-refractivity contribution is 0.0975. The number of thiophene rings is 1. The van der Waals surface area contributed by atoms with Gasteiger partial charge in [0.2, 0.25) is 0 Å². The first-order chi connectivity index (χ1) is 6.75. The molecule has 1 aliphatic rings. The second-order valence-corrected chi connectivity index (χ2v) is 5.99. The lowest BCUT2D eigenvalue weighted by Gasteiger charge is -2.06. The minimum atomic E-state index is 0.264. The van der Waals surface area contributed by atoms with Crippen LogP contribution in [0.1, 0.15) is 28.9 Å². The predicted molar refractivity (Wildman–Crippen MR) is 62.0 cm³/mol. The maximum atomic E-state index is 11.8. The highest BCUT2D eigenvalue weighted by Crippen LogP contribution is 2.24. The molecule has 0 aromatic carbocycles. The summed E-state index contributed by atoms with van der Waals surface area (Å²) >= 11 is 4.88. The molecule has 2 heterocycles. The van der Waals surface area contributed by atoms with Crippen molar-refractivity contribution in [3.05, 3.63) is 20.8 Å². The SMILES string of the molecule is O=C(CC1CCCN1)c1ccc(Br)s1. The van der Waals surface area contributed by atoms with Crippen LogP contribution in [0, 0.1) is 0 Å². The van der Waals surface area contributed by atoms with Crippen LogP contribution in [0.25, 0.3) is 0 Å². The molecule has 1 aromatic rings. The number of ketones is 1. The topological polar surface area (TPSA) is 29.1 Å². The molecule has 1 unspecified atom stereocenters. The summed E-state index contributed by atoms with van der Waals surface area (Å²) in [7, 11) is 0. The maximum Gasteiger partial charge on any atom is 0.174 e. The number of Topliss-reactive ketones (excluding diaryl/α,β-unsaturated/α-hetero) is 1. The number of carbonyl (C=O) groups is 1. The smallest absolute Gasteiger partial charge is 0.174 e. The second kappa shape index (κ2) is 4.55. The standard InChI is InChI=1S/C10H12BrNOS/c11-10-4-3-9(14-10)8(13)6-7-2-1-5-12-7/h3-4,7,12H,1-2,5-6H2. The van der Waals surface area contributed by atoms with Crippen LogP contribution < -0.4 is 5.32 Å². The van der Waals surface area contributed by atoms with Crippen LogP contribution in [-0.2, 0) is 0 Å². The van der Waals surface area contributed by atoms with E-state index in [0.717, 1.165) is 21.6 Å². The molecular formula is C10H12BrNOS. The summed E-state index contributed by atoms with van der Waals surface area (Å²) in [6.07, 6.45) is 2.98. The van der Waals surface area contributed by atoms with Gasteiger partial charge >= 0.3 is 0 Å². The minimum absolute atomic E-state index is 0.264. The Labute approximate surface area is 95.8 Å². The van der Waals surface area contributed by atoms with E-state index in [1.807, 2.05) is 12.1 Å². The molecule has 1 fully saturated rings. The molecule has 1 aromatic heterocycles. The van der Waals surface area contributed by atoms with Gasteiger partial charge in [-0.15, -0.1) is 11.3 Å². The number of rotatable bonds is 3. The highest BCUT2D eigenvalue weighted by atomic mass is 79.9. The minimum Gasteiger partial charge on any atom is -0.314 e. The molecule has 1 N–H and O–H groups in total. The molecule has 0 spiro atoms. The van der Waals surface area contributed by atoms with Gasteiger partial charge in [-0.2, -0.15) is 0 Å². The Kier molecular flexibility index (Phi) is 3.36. The number of nitrogens with one attached hydrogen (secondary N) is 1. The second-order valence-electron chi connectivity index (χ2n) is 3.52. The molecule has 1 saturated heterocycles. The van der Waals surface area contributed by atoms with Crippen molar-refractivity contribution < 1.29 is 4.79 Å². The Bertz CT molecular complexity index is 331. The third-order valence-electron chi connectivity index (χ3n) is 2.44. The third-order valence-corrected chi connectivity index (χ3v) is 4.11. The molecule has 1 atom stereocenters. The zero-order chi connectivity index (χ0) is 9.97. The fourth-order valence-corrected chi connectivity index (χ4v) is 3.05. The lowest BCUT2D eigenvalue weighted by Crippen LogP contribution is -2.24. The van der Waals surface area contributed by atoms with E-state index in [1.165, 1.54) is 17.8 Å². The number of carbonyl (C=O) groups excluding carboxylic acids is 1. The van der Waals surface area contributed by atoms with Crippen LogP contribution in [0.3, 0.4) is 0 Å². The van der Waals surface area contributed by atoms with E-state index in [-0.39, 0.29) is 5.78 Å². The Morgan fingerprint density at radius 1 is 1.64 bits per heavy atom. The largest absolute Gasteiger partial charge is 0.314 e. The van der Waals surface area contributed by atoms with E-state index in [1.54, 1.807) is 0 Å². The van der Waals surface area contributed by atoms with E-state index < -0.39 is 0 Å². The van der Waals surface area contributed by atoms with Crippen molar-refractivity contribution in [2.45, 2.75) is 25.3 Å². The first-order valence-electron chi connectivity index (χ1n) is 4.77. The van der Waals surface area contributed by atoms with Gasteiger partial charge in [-0.05, 0) is 47.4 Å². The van der Waals surface area contributed by atoms with Crippen LogP contribution in [-0.4, -0.2) is 18.4 Å². The van der Waals surface area contributed by atoms with E-state index in [2.05, 4.69) is 21.2 Å². The van der Waals surface area contributed by atoms with Gasteiger partial charge in [0.05, 0.1) is 8.66 Å². The van der Waals surface area contributed by atoms with Crippen LogP contribution >= 0.6 is 27.3 Å². The van der Waals surface area contributed by atoms with Crippen molar-refractivity contribution in [3.63, 3.8) is 0 Å². The van der Waals surface area contributed by atoms with Crippen LogP contribution in [0.15, 0.2) is 15.9 Å². The Morgan fingerprint density at radius 2 is 2.50 bits per heavy atom. The number of hydrogen-bond donors (Lipinski definition) is 1. The van der Waals surface area contributed by atoms with Crippen LogP contribution in [0.5, 0.6) is 0 Å². The summed E-state index contributed by atoms with van der Waals surface area (Å²) in [5, 5.41) is 3.34. The molecule has 0 bridgehead atoms. The van der Waals surface area contributed by atoms with E-state index in [4.69, 9.17) is 0 Å². The van der Waals surface area contributed by atoms with Gasteiger partial charge < -0.3 is 5.32 Å². The first kappa shape index (κ1) is 10.3. The summed E-state index contributed by atoms with van der Waals surface area (Å²) in [5.74, 6) is 0.264. The van der Waals surface area contributed by atoms with Gasteiger partial charge in [-0.25, -0.2) is 0 Å². The quantitative estimate of drug-likeness (QED) is 0.859. The summed E-state index contributed by atoms with van der Waals surface area (Å²) in [4.78, 5) is 12.6. The highest BCUT2D eigenvalue weighted by Gasteiger charge is 2.19. The Hall–Kier alpha value is -0.190. The molecule has 2 rings (SSSR count). The Morgan fingerprint density at radius 3 is 3.07 bits per heavy atom. The molecule has 1 aliphatic heterocycles. The van der Waals surface area contributed by atoms with Crippen molar-refractivity contribution in [3.8, 4) is 0 Å². The van der Waals surface area contributed by atoms with Crippen molar-refractivity contribution in [2.24, 2.45) is 0 Å². The average Bonchev–Trinajstić information content (AvgIpc) is 2.75. The van der Waals surface area contributed by atoms with Crippen molar-refractivity contribution >= 4 is 33.0 Å². The monoisotopic (exact) mass is 273 g/mol. The summed E-state index contributed by atoms with van der Waals surface area (Å²) in [6, 6.07) is 4.23.